The number of benzene rings is 3. The van der Waals surface area contributed by atoms with E-state index in [1.807, 2.05) is 42.5 Å². The second-order valence-electron chi connectivity index (χ2n) is 10.9. The van der Waals surface area contributed by atoms with E-state index in [1.165, 1.54) is 18.2 Å². The van der Waals surface area contributed by atoms with E-state index in [1.54, 1.807) is 19.9 Å². The van der Waals surface area contributed by atoms with E-state index >= 15 is 0 Å². The summed E-state index contributed by atoms with van der Waals surface area (Å²) in [6, 6.07) is 17.5. The molecule has 1 aromatic heterocycles. The van der Waals surface area contributed by atoms with Crippen LogP contribution >= 0.6 is 11.6 Å². The largest absolute Gasteiger partial charge is 0.453 e. The van der Waals surface area contributed by atoms with Crippen LogP contribution in [0, 0.1) is 5.92 Å². The van der Waals surface area contributed by atoms with Crippen LogP contribution in [0.5, 0.6) is 0 Å². The molecule has 2 amide bonds. The highest BCUT2D eigenvalue weighted by Gasteiger charge is 2.28. The Kier molecular flexibility index (Phi) is 11.7. The number of methoxy groups -OCH3 is 1. The van der Waals surface area contributed by atoms with E-state index in [9.17, 15) is 29.5 Å². The van der Waals surface area contributed by atoms with E-state index in [0.717, 1.165) is 23.8 Å². The molecule has 0 saturated heterocycles. The third-order valence-corrected chi connectivity index (χ3v) is 7.42. The fourth-order valence-electron chi connectivity index (χ4n) is 4.68. The molecule has 14 nitrogen and oxygen atoms in total. The van der Waals surface area contributed by atoms with Gasteiger partial charge in [0, 0.05) is 23.0 Å². The van der Waals surface area contributed by atoms with Gasteiger partial charge in [-0.1, -0.05) is 66.7 Å². The summed E-state index contributed by atoms with van der Waals surface area (Å²) >= 11 is 6.13. The Balaban J connectivity index is 1.44. The molecule has 0 bridgehead atoms. The number of rotatable bonds is 13. The van der Waals surface area contributed by atoms with E-state index < -0.39 is 48.9 Å². The number of hydrogen-bond donors (Lipinski definition) is 4. The predicted octanol–water partition coefficient (Wildman–Crippen LogP) is 3.51. The van der Waals surface area contributed by atoms with Crippen molar-refractivity contribution in [2.24, 2.45) is 5.92 Å². The maximum Gasteiger partial charge on any atom is 0.407 e. The molecule has 15 heteroatoms. The molecular formula is C32H34ClN5O9. The third-order valence-electron chi connectivity index (χ3n) is 7.18. The summed E-state index contributed by atoms with van der Waals surface area (Å²) in [7, 11) is 1.15. The number of nitrogens with zero attached hydrogens (tertiary/aromatic N) is 3. The highest BCUT2D eigenvalue weighted by Crippen LogP contribution is 2.24. The molecule has 47 heavy (non-hydrogen) atoms. The molecule has 3 aromatic carbocycles. The number of aromatic nitrogens is 3. The number of alkyl carbamates (subject to hydrolysis) is 1. The Bertz CT molecular complexity index is 1730. The van der Waals surface area contributed by atoms with Crippen molar-refractivity contribution in [2.75, 3.05) is 13.9 Å². The first-order chi connectivity index (χ1) is 22.4. The predicted molar refractivity (Wildman–Crippen MR) is 168 cm³/mol. The standard InChI is InChI=1S/C32H34ClN5O9/c1-18(2)28(35-32(43)45-3)31(42)47-17-46-30(41)27(39)16-24(34-29(40)22-11-12-25-26(15-22)38(44)37-36-25)13-19-7-9-20(10-8-19)21-5-4-6-23(33)14-21/h4-12,14-15,18,24,27-28,39,44H,13,16-17H2,1-3H3,(H,34,40)(H,35,43)/t24-,27-,28-/m1/s1. The van der Waals surface area contributed by atoms with Gasteiger partial charge >= 0.3 is 18.0 Å². The van der Waals surface area contributed by atoms with Crippen LogP contribution in [0.25, 0.3) is 22.2 Å². The molecule has 248 valence electrons. The van der Waals surface area contributed by atoms with Crippen LogP contribution in [-0.2, 0) is 30.2 Å². The summed E-state index contributed by atoms with van der Waals surface area (Å²) in [6.45, 7) is 2.53. The Labute approximate surface area is 274 Å². The van der Waals surface area contributed by atoms with Crippen LogP contribution in [-0.4, -0.2) is 81.5 Å². The van der Waals surface area contributed by atoms with Crippen molar-refractivity contribution in [3.05, 3.63) is 82.9 Å². The molecule has 0 radical (unpaired) electrons. The summed E-state index contributed by atoms with van der Waals surface area (Å²) < 4.78 is 14.4. The number of nitrogens with one attached hydrogen (secondary N) is 2. The van der Waals surface area contributed by atoms with E-state index in [0.29, 0.717) is 15.4 Å². The summed E-state index contributed by atoms with van der Waals surface area (Å²) in [5.41, 5.74) is 3.40. The molecule has 3 atom stereocenters. The average molecular weight is 668 g/mol. The van der Waals surface area contributed by atoms with Crippen LogP contribution in [0.4, 0.5) is 4.79 Å². The minimum atomic E-state index is -1.70. The van der Waals surface area contributed by atoms with Crippen molar-refractivity contribution in [2.45, 2.75) is 44.9 Å². The van der Waals surface area contributed by atoms with Gasteiger partial charge in [-0.2, -0.15) is 0 Å². The number of aliphatic hydroxyl groups excluding tert-OH is 1. The number of esters is 2. The molecule has 1 heterocycles. The van der Waals surface area contributed by atoms with Gasteiger partial charge < -0.3 is 35.2 Å². The molecule has 0 unspecified atom stereocenters. The summed E-state index contributed by atoms with van der Waals surface area (Å²) in [6.07, 6.45) is -2.57. The van der Waals surface area contributed by atoms with Crippen LogP contribution in [0.3, 0.4) is 0 Å². The van der Waals surface area contributed by atoms with Gasteiger partial charge in [0.15, 0.2) is 6.10 Å². The van der Waals surface area contributed by atoms with Crippen molar-refractivity contribution < 1.29 is 43.7 Å². The van der Waals surface area contributed by atoms with Gasteiger partial charge in [-0.3, -0.25) is 4.79 Å². The molecule has 0 spiro atoms. The Morgan fingerprint density at radius 3 is 2.34 bits per heavy atom. The lowest BCUT2D eigenvalue weighted by Crippen LogP contribution is -2.45. The Morgan fingerprint density at radius 1 is 0.936 bits per heavy atom. The number of amides is 2. The van der Waals surface area contributed by atoms with E-state index in [2.05, 4.69) is 25.7 Å². The topological polar surface area (TPSA) is 191 Å². The van der Waals surface area contributed by atoms with Gasteiger partial charge in [0.05, 0.1) is 7.11 Å². The number of fused-ring (bicyclic) bond motifs is 1. The molecule has 0 fully saturated rings. The maximum atomic E-state index is 13.3. The van der Waals surface area contributed by atoms with Crippen molar-refractivity contribution in [1.29, 1.82) is 0 Å². The van der Waals surface area contributed by atoms with Gasteiger partial charge in [0.1, 0.15) is 17.1 Å². The number of aliphatic hydroxyl groups is 1. The molecule has 0 saturated carbocycles. The highest BCUT2D eigenvalue weighted by molar-refractivity contribution is 6.30. The number of halogens is 1. The Hall–Kier alpha value is -5.21. The number of hydrogen-bond acceptors (Lipinski definition) is 11. The van der Waals surface area contributed by atoms with Gasteiger partial charge in [0.2, 0.25) is 6.79 Å². The summed E-state index contributed by atoms with van der Waals surface area (Å²) in [4.78, 5) is 50.4. The third kappa shape index (κ3) is 9.40. The van der Waals surface area contributed by atoms with Gasteiger partial charge in [0.25, 0.3) is 5.91 Å². The zero-order chi connectivity index (χ0) is 34.1. The number of carbonyl (C=O) groups excluding carboxylic acids is 4. The molecule has 0 aliphatic heterocycles. The number of carbonyl (C=O) groups is 4. The van der Waals surface area contributed by atoms with Gasteiger partial charge in [-0.15, -0.1) is 5.10 Å². The molecule has 4 rings (SSSR count). The lowest BCUT2D eigenvalue weighted by Gasteiger charge is -2.22. The van der Waals surface area contributed by atoms with Crippen LogP contribution in [0.2, 0.25) is 5.02 Å². The van der Waals surface area contributed by atoms with Gasteiger partial charge in [-0.25, -0.2) is 14.4 Å². The lowest BCUT2D eigenvalue weighted by atomic mass is 9.97. The zero-order valence-corrected chi connectivity index (χ0v) is 26.5. The van der Waals surface area contributed by atoms with E-state index in [4.69, 9.17) is 21.1 Å². The molecular weight excluding hydrogens is 634 g/mol. The lowest BCUT2D eigenvalue weighted by molar-refractivity contribution is -0.175. The molecule has 0 aliphatic rings. The smallest absolute Gasteiger partial charge is 0.407 e. The second kappa shape index (κ2) is 15.9. The second-order valence-corrected chi connectivity index (χ2v) is 11.4. The summed E-state index contributed by atoms with van der Waals surface area (Å²) in [5, 5.41) is 33.7. The van der Waals surface area contributed by atoms with Gasteiger partial charge in [-0.05, 0) is 64.6 Å². The first kappa shape index (κ1) is 34.7. The van der Waals surface area contributed by atoms with Crippen LogP contribution in [0.15, 0.2) is 66.7 Å². The zero-order valence-electron chi connectivity index (χ0n) is 25.8. The first-order valence-electron chi connectivity index (χ1n) is 14.5. The van der Waals surface area contributed by atoms with Crippen molar-refractivity contribution in [3.63, 3.8) is 0 Å². The Morgan fingerprint density at radius 2 is 1.66 bits per heavy atom. The average Bonchev–Trinajstić information content (AvgIpc) is 3.42. The monoisotopic (exact) mass is 667 g/mol. The highest BCUT2D eigenvalue weighted by atomic mass is 35.5. The fourth-order valence-corrected chi connectivity index (χ4v) is 4.87. The van der Waals surface area contributed by atoms with E-state index in [-0.39, 0.29) is 29.8 Å². The molecule has 4 N–H and O–H groups in total. The van der Waals surface area contributed by atoms with Crippen molar-refractivity contribution >= 4 is 46.6 Å². The molecule has 4 aromatic rings. The maximum absolute atomic E-state index is 13.3. The number of ether oxygens (including phenoxy) is 3. The van der Waals surface area contributed by atoms with Crippen molar-refractivity contribution in [3.8, 4) is 11.1 Å². The quantitative estimate of drug-likeness (QED) is 0.0927. The van der Waals surface area contributed by atoms with Crippen LogP contribution in [0.1, 0.15) is 36.2 Å². The molecule has 0 aliphatic carbocycles. The minimum Gasteiger partial charge on any atom is -0.453 e. The first-order valence-corrected chi connectivity index (χ1v) is 14.9. The normalized spacial score (nSPS) is 13.0. The fraction of sp³-hybridized carbons (Fsp3) is 0.312. The minimum absolute atomic E-state index is 0.181. The van der Waals surface area contributed by atoms with Crippen LogP contribution < -0.4 is 10.6 Å². The van der Waals surface area contributed by atoms with Crippen molar-refractivity contribution in [1.82, 2.24) is 25.8 Å². The SMILES string of the molecule is COC(=O)N[C@@H](C(=O)OCOC(=O)[C@H](O)C[C@@H](Cc1ccc(-c2cccc(Cl)c2)cc1)NC(=O)c1ccc2nnn(O)c2c1)C(C)C. The summed E-state index contributed by atoms with van der Waals surface area (Å²) in [5.74, 6) is -2.86.